The SMILES string of the molecule is Cc1ccc(C)c(S(=O)(=O)N2CCN(C(=O)[C@@H](C)Sc3ccccc3)CC2)c1. The molecule has 1 heterocycles. The second-order valence-electron chi connectivity index (χ2n) is 7.07. The van der Waals surface area contributed by atoms with Crippen molar-refractivity contribution >= 4 is 27.7 Å². The fourth-order valence-corrected chi connectivity index (χ4v) is 5.99. The number of hydrogen-bond acceptors (Lipinski definition) is 4. The van der Waals surface area contributed by atoms with E-state index in [4.69, 9.17) is 0 Å². The van der Waals surface area contributed by atoms with Crippen LogP contribution in [0.3, 0.4) is 0 Å². The van der Waals surface area contributed by atoms with E-state index < -0.39 is 10.0 Å². The first-order valence-electron chi connectivity index (χ1n) is 9.37. The quantitative estimate of drug-likeness (QED) is 0.699. The fourth-order valence-electron chi connectivity index (χ4n) is 3.28. The molecule has 0 spiro atoms. The highest BCUT2D eigenvalue weighted by molar-refractivity contribution is 8.00. The van der Waals surface area contributed by atoms with Gasteiger partial charge >= 0.3 is 0 Å². The number of sulfonamides is 1. The van der Waals surface area contributed by atoms with Gasteiger partial charge < -0.3 is 4.90 Å². The molecule has 0 N–H and O–H groups in total. The molecule has 5 nitrogen and oxygen atoms in total. The zero-order chi connectivity index (χ0) is 20.3. The van der Waals surface area contributed by atoms with Gasteiger partial charge in [-0.2, -0.15) is 4.31 Å². The van der Waals surface area contributed by atoms with Gasteiger partial charge in [-0.05, 0) is 50.1 Å². The van der Waals surface area contributed by atoms with Crippen molar-refractivity contribution in [3.05, 3.63) is 59.7 Å². The van der Waals surface area contributed by atoms with Crippen LogP contribution in [0.5, 0.6) is 0 Å². The molecule has 0 bridgehead atoms. The topological polar surface area (TPSA) is 57.7 Å². The maximum atomic E-state index is 13.0. The van der Waals surface area contributed by atoms with E-state index >= 15 is 0 Å². The lowest BCUT2D eigenvalue weighted by atomic mass is 10.2. The molecular formula is C21H26N2O3S2. The Balaban J connectivity index is 1.63. The van der Waals surface area contributed by atoms with Crippen molar-refractivity contribution in [1.29, 1.82) is 0 Å². The Morgan fingerprint density at radius 3 is 2.29 bits per heavy atom. The second kappa shape index (κ2) is 8.68. The third-order valence-corrected chi connectivity index (χ3v) is 8.06. The van der Waals surface area contributed by atoms with Crippen molar-refractivity contribution in [3.8, 4) is 0 Å². The van der Waals surface area contributed by atoms with Gasteiger partial charge in [-0.1, -0.05) is 30.3 Å². The molecule has 1 fully saturated rings. The summed E-state index contributed by atoms with van der Waals surface area (Å²) in [5, 5.41) is -0.204. The number of piperazine rings is 1. The predicted octanol–water partition coefficient (Wildman–Crippen LogP) is 3.32. The van der Waals surface area contributed by atoms with Crippen molar-refractivity contribution in [2.75, 3.05) is 26.2 Å². The predicted molar refractivity (Wildman–Crippen MR) is 113 cm³/mol. The number of carbonyl (C=O) groups excluding carboxylic acids is 1. The van der Waals surface area contributed by atoms with E-state index in [0.29, 0.717) is 31.1 Å². The molecule has 1 saturated heterocycles. The monoisotopic (exact) mass is 418 g/mol. The fraction of sp³-hybridized carbons (Fsp3) is 0.381. The molecule has 2 aromatic rings. The lowest BCUT2D eigenvalue weighted by molar-refractivity contribution is -0.131. The van der Waals surface area contributed by atoms with E-state index in [0.717, 1.165) is 16.0 Å². The Hall–Kier alpha value is -1.83. The van der Waals surface area contributed by atoms with E-state index in [1.165, 1.54) is 16.1 Å². The largest absolute Gasteiger partial charge is 0.339 e. The molecule has 0 unspecified atom stereocenters. The Bertz CT molecular complexity index is 937. The molecule has 0 aromatic heterocycles. The molecule has 2 aromatic carbocycles. The lowest BCUT2D eigenvalue weighted by Crippen LogP contribution is -2.52. The van der Waals surface area contributed by atoms with Crippen molar-refractivity contribution in [1.82, 2.24) is 9.21 Å². The number of carbonyl (C=O) groups is 1. The molecule has 28 heavy (non-hydrogen) atoms. The summed E-state index contributed by atoms with van der Waals surface area (Å²) in [5.74, 6) is 0.0534. The maximum Gasteiger partial charge on any atom is 0.243 e. The number of hydrogen-bond donors (Lipinski definition) is 0. The molecule has 1 amide bonds. The normalized spacial score (nSPS) is 16.8. The summed E-state index contributed by atoms with van der Waals surface area (Å²) in [4.78, 5) is 16.0. The summed E-state index contributed by atoms with van der Waals surface area (Å²) < 4.78 is 27.6. The molecule has 3 rings (SSSR count). The third kappa shape index (κ3) is 4.59. The van der Waals surface area contributed by atoms with Gasteiger partial charge in [-0.15, -0.1) is 11.8 Å². The van der Waals surface area contributed by atoms with Crippen molar-refractivity contribution in [3.63, 3.8) is 0 Å². The average molecular weight is 419 g/mol. The highest BCUT2D eigenvalue weighted by Gasteiger charge is 2.32. The molecule has 0 saturated carbocycles. The molecule has 1 aliphatic heterocycles. The molecule has 1 aliphatic rings. The van der Waals surface area contributed by atoms with Crippen LogP contribution in [0.1, 0.15) is 18.1 Å². The highest BCUT2D eigenvalue weighted by atomic mass is 32.2. The molecular weight excluding hydrogens is 392 g/mol. The summed E-state index contributed by atoms with van der Waals surface area (Å²) in [6.45, 7) is 7.09. The van der Waals surface area contributed by atoms with Crippen LogP contribution in [0.2, 0.25) is 0 Å². The van der Waals surface area contributed by atoms with Gasteiger partial charge in [-0.3, -0.25) is 4.79 Å². The van der Waals surface area contributed by atoms with Crippen LogP contribution in [0.4, 0.5) is 0 Å². The minimum absolute atomic E-state index is 0.0534. The van der Waals surface area contributed by atoms with Gasteiger partial charge in [0.25, 0.3) is 0 Å². The number of amides is 1. The minimum Gasteiger partial charge on any atom is -0.339 e. The first-order chi connectivity index (χ1) is 13.3. The Morgan fingerprint density at radius 2 is 1.64 bits per heavy atom. The molecule has 7 heteroatoms. The Labute approximate surface area is 171 Å². The van der Waals surface area contributed by atoms with Gasteiger partial charge in [0.1, 0.15) is 0 Å². The number of rotatable bonds is 5. The summed E-state index contributed by atoms with van der Waals surface area (Å²) in [6, 6.07) is 15.3. The molecule has 0 aliphatic carbocycles. The van der Waals surface area contributed by atoms with Crippen LogP contribution in [0.25, 0.3) is 0 Å². The number of benzene rings is 2. The van der Waals surface area contributed by atoms with E-state index in [9.17, 15) is 13.2 Å². The highest BCUT2D eigenvalue weighted by Crippen LogP contribution is 2.26. The summed E-state index contributed by atoms with van der Waals surface area (Å²) in [5.41, 5.74) is 1.67. The zero-order valence-electron chi connectivity index (χ0n) is 16.5. The minimum atomic E-state index is -3.54. The average Bonchev–Trinajstić information content (AvgIpc) is 2.70. The number of thioether (sulfide) groups is 1. The first-order valence-corrected chi connectivity index (χ1v) is 11.7. The van der Waals surface area contributed by atoms with Gasteiger partial charge in [0, 0.05) is 31.1 Å². The number of nitrogens with zero attached hydrogens (tertiary/aromatic N) is 2. The first kappa shape index (κ1) is 20.9. The van der Waals surface area contributed by atoms with E-state index in [1.807, 2.05) is 63.2 Å². The van der Waals surface area contributed by atoms with E-state index in [-0.39, 0.29) is 11.2 Å². The van der Waals surface area contributed by atoms with Gasteiger partial charge in [0.05, 0.1) is 10.1 Å². The Morgan fingerprint density at radius 1 is 1.00 bits per heavy atom. The summed E-state index contributed by atoms with van der Waals surface area (Å²) in [7, 11) is -3.54. The Kier molecular flexibility index (Phi) is 6.47. The smallest absolute Gasteiger partial charge is 0.243 e. The van der Waals surface area contributed by atoms with Crippen LogP contribution in [-0.4, -0.2) is 55.0 Å². The van der Waals surface area contributed by atoms with Gasteiger partial charge in [0.15, 0.2) is 0 Å². The molecule has 150 valence electrons. The summed E-state index contributed by atoms with van der Waals surface area (Å²) in [6.07, 6.45) is 0. The number of aryl methyl sites for hydroxylation is 2. The van der Waals surface area contributed by atoms with E-state index in [1.54, 1.807) is 11.0 Å². The van der Waals surface area contributed by atoms with Gasteiger partial charge in [-0.25, -0.2) is 8.42 Å². The lowest BCUT2D eigenvalue weighted by Gasteiger charge is -2.35. The third-order valence-electron chi connectivity index (χ3n) is 4.92. The van der Waals surface area contributed by atoms with Crippen LogP contribution in [0.15, 0.2) is 58.3 Å². The van der Waals surface area contributed by atoms with Crippen LogP contribution >= 0.6 is 11.8 Å². The second-order valence-corrected chi connectivity index (χ2v) is 10.4. The molecule has 0 radical (unpaired) electrons. The molecule has 1 atom stereocenters. The van der Waals surface area contributed by atoms with Crippen molar-refractivity contribution in [2.45, 2.75) is 35.8 Å². The summed E-state index contributed by atoms with van der Waals surface area (Å²) >= 11 is 1.53. The van der Waals surface area contributed by atoms with Crippen LogP contribution < -0.4 is 0 Å². The zero-order valence-corrected chi connectivity index (χ0v) is 18.1. The van der Waals surface area contributed by atoms with Crippen LogP contribution in [0, 0.1) is 13.8 Å². The van der Waals surface area contributed by atoms with E-state index in [2.05, 4.69) is 0 Å². The van der Waals surface area contributed by atoms with Gasteiger partial charge in [0.2, 0.25) is 15.9 Å². The van der Waals surface area contributed by atoms with Crippen molar-refractivity contribution < 1.29 is 13.2 Å². The van der Waals surface area contributed by atoms with Crippen molar-refractivity contribution in [2.24, 2.45) is 0 Å². The van der Waals surface area contributed by atoms with Crippen LogP contribution in [-0.2, 0) is 14.8 Å². The standard InChI is InChI=1S/C21H26N2O3S2/c1-16-9-10-17(2)20(15-16)28(25,26)23-13-11-22(12-14-23)21(24)18(3)27-19-7-5-4-6-8-19/h4-10,15,18H,11-14H2,1-3H3/t18-/m1/s1. The maximum absolute atomic E-state index is 13.0.